The van der Waals surface area contributed by atoms with Crippen molar-refractivity contribution in [1.82, 2.24) is 19.7 Å². The Kier molecular flexibility index (Phi) is 6.21. The number of halogens is 3. The molecule has 1 aliphatic rings. The zero-order chi connectivity index (χ0) is 23.7. The van der Waals surface area contributed by atoms with Crippen molar-refractivity contribution in [2.24, 2.45) is 5.92 Å². The van der Waals surface area contributed by atoms with Gasteiger partial charge in [-0.05, 0) is 23.6 Å². The van der Waals surface area contributed by atoms with Crippen LogP contribution >= 0.6 is 0 Å². The van der Waals surface area contributed by atoms with Gasteiger partial charge in [0.1, 0.15) is 5.69 Å². The molecule has 0 spiro atoms. The Morgan fingerprint density at radius 2 is 1.85 bits per heavy atom. The van der Waals surface area contributed by atoms with Gasteiger partial charge < -0.3 is 15.1 Å². The number of benzene rings is 1. The van der Waals surface area contributed by atoms with Gasteiger partial charge in [-0.3, -0.25) is 9.48 Å². The van der Waals surface area contributed by atoms with E-state index in [4.69, 9.17) is 0 Å². The van der Waals surface area contributed by atoms with E-state index in [0.717, 1.165) is 17.7 Å². The molecule has 174 valence electrons. The van der Waals surface area contributed by atoms with Gasteiger partial charge in [0.25, 0.3) is 0 Å². The smallest absolute Gasteiger partial charge is 0.246 e. The number of rotatable bonds is 7. The number of nitrogens with zero attached hydrogens (tertiary/aromatic N) is 6. The number of fused-ring (bicyclic) bond motifs is 1. The quantitative estimate of drug-likeness (QED) is 0.547. The molecule has 1 aliphatic heterocycles. The molecule has 2 aromatic heterocycles. The second-order valence-electron chi connectivity index (χ2n) is 8.40. The maximum absolute atomic E-state index is 13.4. The van der Waals surface area contributed by atoms with Gasteiger partial charge >= 0.3 is 0 Å². The van der Waals surface area contributed by atoms with E-state index in [1.807, 2.05) is 4.90 Å². The lowest BCUT2D eigenvalue weighted by Gasteiger charge is -2.35. The van der Waals surface area contributed by atoms with Crippen molar-refractivity contribution < 1.29 is 18.0 Å². The number of amides is 1. The van der Waals surface area contributed by atoms with Crippen molar-refractivity contribution in [2.45, 2.75) is 26.9 Å². The Morgan fingerprint density at radius 3 is 2.55 bits per heavy atom. The first kappa shape index (κ1) is 22.6. The lowest BCUT2D eigenvalue weighted by Crippen LogP contribution is -2.45. The van der Waals surface area contributed by atoms with Crippen molar-refractivity contribution in [3.8, 4) is 0 Å². The van der Waals surface area contributed by atoms with Gasteiger partial charge in [0.05, 0.1) is 25.5 Å². The van der Waals surface area contributed by atoms with Gasteiger partial charge in [-0.25, -0.2) is 18.2 Å². The maximum Gasteiger partial charge on any atom is 0.246 e. The van der Waals surface area contributed by atoms with E-state index >= 15 is 0 Å². The monoisotopic (exact) mass is 459 g/mol. The summed E-state index contributed by atoms with van der Waals surface area (Å²) in [5.41, 5.74) is 1.71. The number of anilines is 3. The molecule has 0 fully saturated rings. The van der Waals surface area contributed by atoms with Gasteiger partial charge in [0, 0.05) is 31.9 Å². The zero-order valence-corrected chi connectivity index (χ0v) is 18.5. The van der Waals surface area contributed by atoms with Crippen molar-refractivity contribution in [1.29, 1.82) is 0 Å². The van der Waals surface area contributed by atoms with Crippen LogP contribution in [0.25, 0.3) is 0 Å². The van der Waals surface area contributed by atoms with E-state index in [1.165, 1.54) is 4.68 Å². The Balaban J connectivity index is 1.45. The molecule has 3 heterocycles. The van der Waals surface area contributed by atoms with Gasteiger partial charge in [-0.1, -0.05) is 13.8 Å². The van der Waals surface area contributed by atoms with E-state index in [9.17, 15) is 18.0 Å². The molecule has 0 unspecified atom stereocenters. The number of carbonyl (C=O) groups is 1. The minimum atomic E-state index is -1.49. The second-order valence-corrected chi connectivity index (χ2v) is 8.40. The van der Waals surface area contributed by atoms with Gasteiger partial charge in [0.2, 0.25) is 11.9 Å². The number of hydrogen-bond acceptors (Lipinski definition) is 6. The molecule has 11 heteroatoms. The fourth-order valence-electron chi connectivity index (χ4n) is 3.64. The average Bonchev–Trinajstić information content (AvgIpc) is 3.21. The number of carbonyl (C=O) groups excluding carboxylic acids is 1. The predicted octanol–water partition coefficient (Wildman–Crippen LogP) is 3.19. The third-order valence-electron chi connectivity index (χ3n) is 5.22. The van der Waals surface area contributed by atoms with Crippen LogP contribution in [-0.4, -0.2) is 45.8 Å². The Labute approximate surface area is 189 Å². The molecule has 33 heavy (non-hydrogen) atoms. The molecule has 0 aliphatic carbocycles. The van der Waals surface area contributed by atoms with Crippen LogP contribution in [0.15, 0.2) is 30.7 Å². The lowest BCUT2D eigenvalue weighted by atomic mass is 10.2. The number of likely N-dealkylation sites (N-methyl/N-ethyl adjacent to an activating group) is 1. The molecular weight excluding hydrogens is 435 g/mol. The molecule has 3 aromatic rings. The topological polar surface area (TPSA) is 79.2 Å². The SMILES string of the molecule is CC(C)CN1CC(=O)N(C)c2cnc(NCc3cnn(Cc4cc(F)c(F)c(F)c4)c3)nc21. The third-order valence-corrected chi connectivity index (χ3v) is 5.22. The summed E-state index contributed by atoms with van der Waals surface area (Å²) in [7, 11) is 1.71. The molecule has 1 N–H and O–H groups in total. The summed E-state index contributed by atoms with van der Waals surface area (Å²) in [6, 6.07) is 1.90. The van der Waals surface area contributed by atoms with E-state index in [2.05, 4.69) is 34.2 Å². The Hall–Kier alpha value is -3.63. The summed E-state index contributed by atoms with van der Waals surface area (Å²) >= 11 is 0. The van der Waals surface area contributed by atoms with E-state index in [-0.39, 0.29) is 24.6 Å². The number of hydrogen-bond donors (Lipinski definition) is 1. The molecule has 1 amide bonds. The van der Waals surface area contributed by atoms with Crippen LogP contribution in [0.1, 0.15) is 25.0 Å². The van der Waals surface area contributed by atoms with Crippen LogP contribution in [0.5, 0.6) is 0 Å². The van der Waals surface area contributed by atoms with Crippen LogP contribution in [0.4, 0.5) is 30.6 Å². The minimum Gasteiger partial charge on any atom is -0.350 e. The molecule has 0 saturated carbocycles. The van der Waals surface area contributed by atoms with Crippen molar-refractivity contribution in [3.63, 3.8) is 0 Å². The highest BCUT2D eigenvalue weighted by atomic mass is 19.2. The summed E-state index contributed by atoms with van der Waals surface area (Å²) in [5, 5.41) is 7.32. The van der Waals surface area contributed by atoms with E-state index in [0.29, 0.717) is 36.5 Å². The zero-order valence-electron chi connectivity index (χ0n) is 18.5. The molecule has 1 aromatic carbocycles. The standard InChI is InChI=1S/C22H24F3N7O/c1-13(2)9-31-12-19(33)30(3)18-8-27-22(29-21(18)31)26-6-15-7-28-32(11-15)10-14-4-16(23)20(25)17(24)5-14/h4-5,7-8,11,13H,6,9-10,12H2,1-3H3,(H,26,27,29). The molecule has 0 radical (unpaired) electrons. The molecule has 0 atom stereocenters. The van der Waals surface area contributed by atoms with Gasteiger partial charge in [0.15, 0.2) is 23.3 Å². The van der Waals surface area contributed by atoms with E-state index < -0.39 is 17.5 Å². The molecule has 8 nitrogen and oxygen atoms in total. The summed E-state index contributed by atoms with van der Waals surface area (Å²) in [5.74, 6) is -2.52. The van der Waals surface area contributed by atoms with Crippen LogP contribution < -0.4 is 15.1 Å². The second kappa shape index (κ2) is 9.08. The molecule has 4 rings (SSSR count). The van der Waals surface area contributed by atoms with E-state index in [1.54, 1.807) is 30.5 Å². The number of nitrogens with one attached hydrogen (secondary N) is 1. The predicted molar refractivity (Wildman–Crippen MR) is 117 cm³/mol. The van der Waals surface area contributed by atoms with Crippen molar-refractivity contribution in [2.75, 3.05) is 35.3 Å². The van der Waals surface area contributed by atoms with Crippen LogP contribution in [-0.2, 0) is 17.9 Å². The summed E-state index contributed by atoms with van der Waals surface area (Å²) in [6.07, 6.45) is 4.94. The van der Waals surface area contributed by atoms with Crippen LogP contribution in [0, 0.1) is 23.4 Å². The molecular formula is C22H24F3N7O. The lowest BCUT2D eigenvalue weighted by molar-refractivity contribution is -0.117. The number of aromatic nitrogens is 4. The fourth-order valence-corrected chi connectivity index (χ4v) is 3.64. The summed E-state index contributed by atoms with van der Waals surface area (Å²) in [4.78, 5) is 24.7. The Morgan fingerprint density at radius 1 is 1.12 bits per heavy atom. The highest BCUT2D eigenvalue weighted by molar-refractivity contribution is 6.01. The normalized spacial score (nSPS) is 13.6. The maximum atomic E-state index is 13.4. The first-order valence-electron chi connectivity index (χ1n) is 10.5. The third kappa shape index (κ3) is 4.91. The Bertz CT molecular complexity index is 1160. The summed E-state index contributed by atoms with van der Waals surface area (Å²) < 4.78 is 41.5. The van der Waals surface area contributed by atoms with Crippen LogP contribution in [0.3, 0.4) is 0 Å². The van der Waals surface area contributed by atoms with Gasteiger partial charge in [-0.2, -0.15) is 10.1 Å². The molecule has 0 saturated heterocycles. The largest absolute Gasteiger partial charge is 0.350 e. The van der Waals surface area contributed by atoms with Crippen LogP contribution in [0.2, 0.25) is 0 Å². The first-order chi connectivity index (χ1) is 15.7. The minimum absolute atomic E-state index is 0.0132. The first-order valence-corrected chi connectivity index (χ1v) is 10.5. The van der Waals surface area contributed by atoms with Crippen molar-refractivity contribution in [3.05, 3.63) is 59.3 Å². The van der Waals surface area contributed by atoms with Gasteiger partial charge in [-0.15, -0.1) is 0 Å². The summed E-state index contributed by atoms with van der Waals surface area (Å²) in [6.45, 7) is 5.57. The molecule has 0 bridgehead atoms. The fraction of sp³-hybridized carbons (Fsp3) is 0.364. The van der Waals surface area contributed by atoms with Crippen molar-refractivity contribution >= 4 is 23.4 Å². The highest BCUT2D eigenvalue weighted by Crippen LogP contribution is 2.31. The highest BCUT2D eigenvalue weighted by Gasteiger charge is 2.29. The average molecular weight is 459 g/mol.